The molecule has 0 atom stereocenters. The van der Waals surface area contributed by atoms with Crippen LogP contribution in [0.5, 0.6) is 11.5 Å². The highest BCUT2D eigenvalue weighted by Crippen LogP contribution is 2.30. The Morgan fingerprint density at radius 2 is 1.83 bits per heavy atom. The van der Waals surface area contributed by atoms with Gasteiger partial charge in [-0.2, -0.15) is 5.26 Å². The van der Waals surface area contributed by atoms with Gasteiger partial charge in [0.1, 0.15) is 23.2 Å². The maximum atomic E-state index is 13.5. The summed E-state index contributed by atoms with van der Waals surface area (Å²) in [6.07, 6.45) is 0. The van der Waals surface area contributed by atoms with E-state index in [1.54, 1.807) is 6.07 Å². The Morgan fingerprint density at radius 3 is 2.56 bits per heavy atom. The number of nitrogens with zero attached hydrogens (tertiary/aromatic N) is 1. The van der Waals surface area contributed by atoms with Crippen LogP contribution in [0.1, 0.15) is 5.56 Å². The average molecular weight is 310 g/mol. The van der Waals surface area contributed by atoms with Crippen molar-refractivity contribution in [2.24, 2.45) is 0 Å². The van der Waals surface area contributed by atoms with E-state index in [0.717, 1.165) is 6.07 Å². The van der Waals surface area contributed by atoms with Crippen molar-refractivity contribution in [1.29, 1.82) is 5.26 Å². The second-order valence-corrected chi connectivity index (χ2v) is 4.32. The molecule has 2 aromatic rings. The Hall–Kier alpha value is -1.93. The number of hydrogen-bond donors (Lipinski definition) is 0. The van der Waals surface area contributed by atoms with E-state index in [1.807, 2.05) is 0 Å². The van der Waals surface area contributed by atoms with Gasteiger partial charge in [-0.3, -0.25) is 0 Å². The summed E-state index contributed by atoms with van der Waals surface area (Å²) in [5.41, 5.74) is -0.253. The van der Waals surface area contributed by atoms with Crippen LogP contribution < -0.4 is 4.74 Å². The zero-order valence-corrected chi connectivity index (χ0v) is 10.5. The molecule has 0 fully saturated rings. The maximum absolute atomic E-state index is 13.5. The molecular weight excluding hydrogens is 304 g/mol. The summed E-state index contributed by atoms with van der Waals surface area (Å²) < 4.78 is 32.6. The predicted molar refractivity (Wildman–Crippen MR) is 65.3 cm³/mol. The Bertz CT molecular complexity index is 637. The molecule has 0 radical (unpaired) electrons. The van der Waals surface area contributed by atoms with Crippen LogP contribution in [-0.4, -0.2) is 0 Å². The van der Waals surface area contributed by atoms with Gasteiger partial charge >= 0.3 is 0 Å². The minimum atomic E-state index is -0.703. The molecule has 0 bridgehead atoms. The van der Waals surface area contributed by atoms with Crippen molar-refractivity contribution in [3.63, 3.8) is 0 Å². The van der Waals surface area contributed by atoms with Crippen molar-refractivity contribution < 1.29 is 13.5 Å². The van der Waals surface area contributed by atoms with Gasteiger partial charge in [0.15, 0.2) is 11.6 Å². The number of hydrogen-bond acceptors (Lipinski definition) is 2. The molecule has 90 valence electrons. The monoisotopic (exact) mass is 309 g/mol. The fraction of sp³-hybridized carbons (Fsp3) is 0. The minimum absolute atomic E-state index is 0.0190. The van der Waals surface area contributed by atoms with Gasteiger partial charge in [-0.05, 0) is 30.3 Å². The predicted octanol–water partition coefficient (Wildman–Crippen LogP) is 4.39. The summed E-state index contributed by atoms with van der Waals surface area (Å²) in [6, 6.07) is 9.75. The van der Waals surface area contributed by atoms with Crippen molar-refractivity contribution >= 4 is 15.9 Å². The van der Waals surface area contributed by atoms with Crippen molar-refractivity contribution in [3.8, 4) is 17.6 Å². The van der Waals surface area contributed by atoms with E-state index in [0.29, 0.717) is 4.47 Å². The molecule has 0 saturated carbocycles. The number of halogens is 3. The molecule has 2 aromatic carbocycles. The van der Waals surface area contributed by atoms with E-state index >= 15 is 0 Å². The van der Waals surface area contributed by atoms with Crippen LogP contribution in [-0.2, 0) is 0 Å². The number of rotatable bonds is 2. The standard InChI is InChI=1S/C13H6BrF2NO/c14-8-4-5-11(16)13(6-8)18-12-3-1-2-10(15)9(12)7-17/h1-6H. The lowest BCUT2D eigenvalue weighted by Gasteiger charge is -2.08. The summed E-state index contributed by atoms with van der Waals surface area (Å²) in [6.45, 7) is 0. The van der Waals surface area contributed by atoms with Crippen LogP contribution >= 0.6 is 15.9 Å². The third-order valence-electron chi connectivity index (χ3n) is 2.20. The highest BCUT2D eigenvalue weighted by Gasteiger charge is 2.12. The van der Waals surface area contributed by atoms with E-state index < -0.39 is 11.6 Å². The number of benzene rings is 2. The quantitative estimate of drug-likeness (QED) is 0.824. The van der Waals surface area contributed by atoms with Crippen LogP contribution in [0.25, 0.3) is 0 Å². The SMILES string of the molecule is N#Cc1c(F)cccc1Oc1cc(Br)ccc1F. The van der Waals surface area contributed by atoms with E-state index in [-0.39, 0.29) is 17.1 Å². The fourth-order valence-electron chi connectivity index (χ4n) is 1.37. The van der Waals surface area contributed by atoms with Gasteiger partial charge in [-0.25, -0.2) is 8.78 Å². The first-order chi connectivity index (χ1) is 8.61. The van der Waals surface area contributed by atoms with Gasteiger partial charge in [-0.1, -0.05) is 22.0 Å². The van der Waals surface area contributed by atoms with Gasteiger partial charge in [-0.15, -0.1) is 0 Å². The normalized spacial score (nSPS) is 9.89. The molecule has 5 heteroatoms. The topological polar surface area (TPSA) is 33.0 Å². The molecule has 0 amide bonds. The summed E-state index contributed by atoms with van der Waals surface area (Å²) in [4.78, 5) is 0. The Morgan fingerprint density at radius 1 is 1.06 bits per heavy atom. The molecule has 2 rings (SSSR count). The zero-order valence-electron chi connectivity index (χ0n) is 8.95. The van der Waals surface area contributed by atoms with E-state index in [2.05, 4.69) is 15.9 Å². The Kier molecular flexibility index (Phi) is 3.58. The van der Waals surface area contributed by atoms with Crippen LogP contribution in [0.4, 0.5) is 8.78 Å². The molecule has 0 aliphatic rings. The van der Waals surface area contributed by atoms with Crippen LogP contribution in [0, 0.1) is 23.0 Å². The van der Waals surface area contributed by atoms with Crippen LogP contribution in [0.15, 0.2) is 40.9 Å². The van der Waals surface area contributed by atoms with E-state index in [9.17, 15) is 8.78 Å². The lowest BCUT2D eigenvalue weighted by atomic mass is 10.2. The molecule has 0 heterocycles. The van der Waals surface area contributed by atoms with E-state index in [4.69, 9.17) is 10.00 Å². The molecule has 0 saturated heterocycles. The molecule has 2 nitrogen and oxygen atoms in total. The molecular formula is C13H6BrF2NO. The largest absolute Gasteiger partial charge is 0.453 e. The lowest BCUT2D eigenvalue weighted by molar-refractivity contribution is 0.437. The molecule has 0 aliphatic heterocycles. The highest BCUT2D eigenvalue weighted by molar-refractivity contribution is 9.10. The van der Waals surface area contributed by atoms with Crippen molar-refractivity contribution in [2.45, 2.75) is 0 Å². The molecule has 0 unspecified atom stereocenters. The van der Waals surface area contributed by atoms with Crippen molar-refractivity contribution in [3.05, 3.63) is 58.1 Å². The Labute approximate surface area is 111 Å². The molecule has 0 aliphatic carbocycles. The third-order valence-corrected chi connectivity index (χ3v) is 2.69. The second kappa shape index (κ2) is 5.15. The zero-order chi connectivity index (χ0) is 13.1. The first-order valence-corrected chi connectivity index (χ1v) is 5.72. The first-order valence-electron chi connectivity index (χ1n) is 4.93. The second-order valence-electron chi connectivity index (χ2n) is 3.40. The van der Waals surface area contributed by atoms with Crippen molar-refractivity contribution in [1.82, 2.24) is 0 Å². The summed E-state index contributed by atoms with van der Waals surface area (Å²) >= 11 is 3.17. The number of nitriles is 1. The molecule has 0 spiro atoms. The van der Waals surface area contributed by atoms with Gasteiger partial charge < -0.3 is 4.74 Å². The van der Waals surface area contributed by atoms with Gasteiger partial charge in [0, 0.05) is 4.47 Å². The molecule has 0 aromatic heterocycles. The smallest absolute Gasteiger partial charge is 0.165 e. The summed E-state index contributed by atoms with van der Waals surface area (Å²) in [5, 5.41) is 8.83. The summed E-state index contributed by atoms with van der Waals surface area (Å²) in [5.74, 6) is -1.39. The van der Waals surface area contributed by atoms with Gasteiger partial charge in [0.2, 0.25) is 0 Å². The molecule has 18 heavy (non-hydrogen) atoms. The fourth-order valence-corrected chi connectivity index (χ4v) is 1.71. The minimum Gasteiger partial charge on any atom is -0.453 e. The highest BCUT2D eigenvalue weighted by atomic mass is 79.9. The van der Waals surface area contributed by atoms with Gasteiger partial charge in [0.25, 0.3) is 0 Å². The van der Waals surface area contributed by atoms with Crippen LogP contribution in [0.2, 0.25) is 0 Å². The lowest BCUT2D eigenvalue weighted by Crippen LogP contribution is -1.93. The first kappa shape index (κ1) is 12.5. The van der Waals surface area contributed by atoms with Crippen molar-refractivity contribution in [2.75, 3.05) is 0 Å². The maximum Gasteiger partial charge on any atom is 0.165 e. The van der Waals surface area contributed by atoms with Crippen LogP contribution in [0.3, 0.4) is 0 Å². The van der Waals surface area contributed by atoms with Gasteiger partial charge in [0.05, 0.1) is 0 Å². The summed E-state index contributed by atoms with van der Waals surface area (Å²) in [7, 11) is 0. The molecule has 0 N–H and O–H groups in total. The average Bonchev–Trinajstić information content (AvgIpc) is 2.34. The third kappa shape index (κ3) is 2.49. The Balaban J connectivity index is 2.44. The van der Waals surface area contributed by atoms with E-state index in [1.165, 1.54) is 30.3 Å². The number of ether oxygens (including phenoxy) is 1.